The lowest BCUT2D eigenvalue weighted by molar-refractivity contribution is 0.0676. The molecule has 0 radical (unpaired) electrons. The molecule has 88 valence electrons. The van der Waals surface area contributed by atoms with E-state index < -0.39 is 0 Å². The molecule has 16 heavy (non-hydrogen) atoms. The summed E-state index contributed by atoms with van der Waals surface area (Å²) >= 11 is 0. The Kier molecular flexibility index (Phi) is 3.29. The molecule has 1 saturated heterocycles. The van der Waals surface area contributed by atoms with Crippen LogP contribution in [-0.2, 0) is 0 Å². The van der Waals surface area contributed by atoms with Crippen molar-refractivity contribution in [2.75, 3.05) is 13.1 Å². The summed E-state index contributed by atoms with van der Waals surface area (Å²) in [6.45, 7) is 3.70. The molecular formula is C12H19N3O. The van der Waals surface area contributed by atoms with E-state index in [9.17, 15) is 4.79 Å². The van der Waals surface area contributed by atoms with Crippen molar-refractivity contribution in [2.45, 2.75) is 25.8 Å². The lowest BCUT2D eigenvalue weighted by atomic mass is 9.91. The minimum atomic E-state index is 0.105. The zero-order valence-corrected chi connectivity index (χ0v) is 9.65. The van der Waals surface area contributed by atoms with Gasteiger partial charge in [-0.05, 0) is 37.8 Å². The van der Waals surface area contributed by atoms with Crippen LogP contribution >= 0.6 is 0 Å². The van der Waals surface area contributed by atoms with Crippen LogP contribution in [0.5, 0.6) is 0 Å². The first-order valence-electron chi connectivity index (χ1n) is 5.86. The highest BCUT2D eigenvalue weighted by molar-refractivity contribution is 5.92. The van der Waals surface area contributed by atoms with E-state index in [4.69, 9.17) is 5.73 Å². The Bertz CT molecular complexity index is 337. The van der Waals surface area contributed by atoms with Gasteiger partial charge in [-0.15, -0.1) is 0 Å². The van der Waals surface area contributed by atoms with Crippen molar-refractivity contribution in [2.24, 2.45) is 11.7 Å². The van der Waals surface area contributed by atoms with Gasteiger partial charge in [-0.1, -0.05) is 0 Å². The average molecular weight is 221 g/mol. The number of likely N-dealkylation sites (tertiary alicyclic amines) is 1. The maximum absolute atomic E-state index is 12.0. The van der Waals surface area contributed by atoms with E-state index in [-0.39, 0.29) is 11.9 Å². The fourth-order valence-corrected chi connectivity index (χ4v) is 2.26. The number of carbonyl (C=O) groups is 1. The van der Waals surface area contributed by atoms with Gasteiger partial charge in [0.15, 0.2) is 0 Å². The minimum absolute atomic E-state index is 0.105. The smallest absolute Gasteiger partial charge is 0.270 e. The van der Waals surface area contributed by atoms with Gasteiger partial charge in [0.25, 0.3) is 5.91 Å². The highest BCUT2D eigenvalue weighted by atomic mass is 16.2. The van der Waals surface area contributed by atoms with Gasteiger partial charge in [0, 0.05) is 25.3 Å². The zero-order valence-electron chi connectivity index (χ0n) is 9.65. The number of H-pyrrole nitrogens is 1. The van der Waals surface area contributed by atoms with E-state index in [1.807, 2.05) is 24.0 Å². The fourth-order valence-electron chi connectivity index (χ4n) is 2.26. The van der Waals surface area contributed by atoms with Crippen LogP contribution in [0, 0.1) is 5.92 Å². The molecule has 1 unspecified atom stereocenters. The molecule has 0 aliphatic carbocycles. The maximum Gasteiger partial charge on any atom is 0.270 e. The number of nitrogens with two attached hydrogens (primary N) is 1. The van der Waals surface area contributed by atoms with Crippen molar-refractivity contribution in [1.82, 2.24) is 9.88 Å². The van der Waals surface area contributed by atoms with E-state index in [0.29, 0.717) is 11.6 Å². The molecule has 4 heteroatoms. The Morgan fingerprint density at radius 1 is 1.56 bits per heavy atom. The number of rotatable bonds is 2. The first kappa shape index (κ1) is 11.2. The quantitative estimate of drug-likeness (QED) is 0.788. The number of hydrogen-bond donors (Lipinski definition) is 2. The van der Waals surface area contributed by atoms with Crippen molar-refractivity contribution in [3.05, 3.63) is 24.0 Å². The number of nitrogens with one attached hydrogen (secondary N) is 1. The van der Waals surface area contributed by atoms with Crippen molar-refractivity contribution >= 4 is 5.91 Å². The molecule has 0 spiro atoms. The Morgan fingerprint density at radius 3 is 2.75 bits per heavy atom. The zero-order chi connectivity index (χ0) is 11.5. The second-order valence-corrected chi connectivity index (χ2v) is 4.57. The van der Waals surface area contributed by atoms with E-state index in [2.05, 4.69) is 4.98 Å². The van der Waals surface area contributed by atoms with Crippen LogP contribution in [0.3, 0.4) is 0 Å². The Labute approximate surface area is 95.8 Å². The first-order valence-corrected chi connectivity index (χ1v) is 5.86. The summed E-state index contributed by atoms with van der Waals surface area (Å²) in [5, 5.41) is 0. The third-order valence-corrected chi connectivity index (χ3v) is 3.40. The lowest BCUT2D eigenvalue weighted by Crippen LogP contribution is -2.42. The minimum Gasteiger partial charge on any atom is -0.357 e. The molecule has 2 rings (SSSR count). The Hall–Kier alpha value is -1.29. The molecule has 0 bridgehead atoms. The second kappa shape index (κ2) is 4.70. The van der Waals surface area contributed by atoms with Crippen molar-refractivity contribution in [1.29, 1.82) is 0 Å². The number of aromatic amines is 1. The number of nitrogens with zero attached hydrogens (tertiary/aromatic N) is 1. The van der Waals surface area contributed by atoms with Crippen LogP contribution in [0.1, 0.15) is 30.3 Å². The molecule has 3 N–H and O–H groups in total. The van der Waals surface area contributed by atoms with Gasteiger partial charge in [-0.2, -0.15) is 0 Å². The molecule has 1 aliphatic rings. The van der Waals surface area contributed by atoms with Gasteiger partial charge in [0.2, 0.25) is 0 Å². The number of carbonyl (C=O) groups excluding carboxylic acids is 1. The highest BCUT2D eigenvalue weighted by Gasteiger charge is 2.25. The van der Waals surface area contributed by atoms with E-state index in [1.54, 1.807) is 6.20 Å². The molecule has 2 heterocycles. The van der Waals surface area contributed by atoms with E-state index in [1.165, 1.54) is 0 Å². The van der Waals surface area contributed by atoms with Crippen LogP contribution in [0.2, 0.25) is 0 Å². The summed E-state index contributed by atoms with van der Waals surface area (Å²) in [5.74, 6) is 0.667. The van der Waals surface area contributed by atoms with Gasteiger partial charge in [0.05, 0.1) is 0 Å². The van der Waals surface area contributed by atoms with Gasteiger partial charge < -0.3 is 15.6 Å². The molecular weight excluding hydrogens is 202 g/mol. The molecule has 1 aliphatic heterocycles. The van der Waals surface area contributed by atoms with Gasteiger partial charge >= 0.3 is 0 Å². The first-order chi connectivity index (χ1) is 7.68. The summed E-state index contributed by atoms with van der Waals surface area (Å²) in [6.07, 6.45) is 3.82. The van der Waals surface area contributed by atoms with Crippen molar-refractivity contribution in [3.8, 4) is 0 Å². The van der Waals surface area contributed by atoms with Crippen molar-refractivity contribution < 1.29 is 4.79 Å². The maximum atomic E-state index is 12.0. The Morgan fingerprint density at radius 2 is 2.25 bits per heavy atom. The van der Waals surface area contributed by atoms with Crippen LogP contribution in [0.4, 0.5) is 0 Å². The number of piperidine rings is 1. The predicted molar refractivity (Wildman–Crippen MR) is 63.1 cm³/mol. The third-order valence-electron chi connectivity index (χ3n) is 3.40. The topological polar surface area (TPSA) is 62.1 Å². The number of aromatic nitrogens is 1. The summed E-state index contributed by atoms with van der Waals surface area (Å²) in [5.41, 5.74) is 6.55. The molecule has 0 saturated carbocycles. The average Bonchev–Trinajstić information content (AvgIpc) is 2.81. The summed E-state index contributed by atoms with van der Waals surface area (Å²) in [6, 6.07) is 3.91. The molecule has 1 atom stereocenters. The molecule has 0 aromatic carbocycles. The monoisotopic (exact) mass is 221 g/mol. The number of hydrogen-bond acceptors (Lipinski definition) is 2. The van der Waals surface area contributed by atoms with Gasteiger partial charge in [-0.3, -0.25) is 4.79 Å². The fraction of sp³-hybridized carbons (Fsp3) is 0.583. The predicted octanol–water partition coefficient (Wildman–Crippen LogP) is 1.21. The van der Waals surface area contributed by atoms with Crippen LogP contribution in [0.15, 0.2) is 18.3 Å². The second-order valence-electron chi connectivity index (χ2n) is 4.57. The van der Waals surface area contributed by atoms with Crippen LogP contribution in [0.25, 0.3) is 0 Å². The molecule has 1 amide bonds. The summed E-state index contributed by atoms with van der Waals surface area (Å²) in [7, 11) is 0. The summed E-state index contributed by atoms with van der Waals surface area (Å²) < 4.78 is 0. The lowest BCUT2D eigenvalue weighted by Gasteiger charge is -2.33. The van der Waals surface area contributed by atoms with Crippen LogP contribution in [-0.4, -0.2) is 34.9 Å². The Balaban J connectivity index is 1.92. The van der Waals surface area contributed by atoms with Crippen LogP contribution < -0.4 is 5.73 Å². The van der Waals surface area contributed by atoms with Crippen molar-refractivity contribution in [3.63, 3.8) is 0 Å². The molecule has 4 nitrogen and oxygen atoms in total. The molecule has 1 aromatic rings. The highest BCUT2D eigenvalue weighted by Crippen LogP contribution is 2.20. The van der Waals surface area contributed by atoms with E-state index in [0.717, 1.165) is 25.9 Å². The van der Waals surface area contributed by atoms with Gasteiger partial charge in [0.1, 0.15) is 5.69 Å². The third kappa shape index (κ3) is 2.27. The normalized spacial score (nSPS) is 19.8. The summed E-state index contributed by atoms with van der Waals surface area (Å²) in [4.78, 5) is 16.9. The SMILES string of the molecule is CC(N)C1CCN(C(=O)c2ccc[nH]2)CC1. The van der Waals surface area contributed by atoms with E-state index >= 15 is 0 Å². The standard InChI is InChI=1S/C12H19N3O/c1-9(13)10-4-7-15(8-5-10)12(16)11-3-2-6-14-11/h2-3,6,9-10,14H,4-5,7-8,13H2,1H3. The van der Waals surface area contributed by atoms with Gasteiger partial charge in [-0.25, -0.2) is 0 Å². The molecule has 1 aromatic heterocycles. The number of amides is 1. The molecule has 1 fully saturated rings. The largest absolute Gasteiger partial charge is 0.357 e.